The molecule has 2 N–H and O–H groups in total. The van der Waals surface area contributed by atoms with Gasteiger partial charge in [-0.25, -0.2) is 0 Å². The fourth-order valence-electron chi connectivity index (χ4n) is 1.69. The Labute approximate surface area is 79.5 Å². The first kappa shape index (κ1) is 7.38. The van der Waals surface area contributed by atoms with Crippen LogP contribution >= 0.6 is 0 Å². The average molecular weight is 184 g/mol. The van der Waals surface area contributed by atoms with E-state index in [4.69, 9.17) is 9.83 Å². The molecule has 0 fully saturated rings. The van der Waals surface area contributed by atoms with E-state index in [1.54, 1.807) is 6.07 Å². The maximum atomic E-state index is 7.36. The van der Waals surface area contributed by atoms with Crippen molar-refractivity contribution in [3.05, 3.63) is 42.0 Å². The van der Waals surface area contributed by atoms with Gasteiger partial charge in [0.2, 0.25) is 11.3 Å². The second-order valence-corrected chi connectivity index (χ2v) is 3.21. The zero-order valence-corrected chi connectivity index (χ0v) is 7.37. The molecule has 0 unspecified atom stereocenters. The van der Waals surface area contributed by atoms with Gasteiger partial charge in [0.25, 0.3) is 0 Å². The third-order valence-electron chi connectivity index (χ3n) is 2.32. The molecule has 0 saturated carbocycles. The number of para-hydroxylation sites is 1. The van der Waals surface area contributed by atoms with E-state index in [1.807, 2.05) is 30.3 Å². The molecule has 0 aliphatic carbocycles. The molecule has 2 heterocycles. The summed E-state index contributed by atoms with van der Waals surface area (Å²) in [6.45, 7) is 0. The summed E-state index contributed by atoms with van der Waals surface area (Å²) in [7, 11) is 0. The predicted molar refractivity (Wildman–Crippen MR) is 53.9 cm³/mol. The van der Waals surface area contributed by atoms with Crippen molar-refractivity contribution in [1.29, 1.82) is 5.41 Å². The molecule has 0 amide bonds. The Bertz CT molecular complexity index is 663. The Hall–Kier alpha value is -2.03. The topological polar surface area (TPSA) is 52.8 Å². The highest BCUT2D eigenvalue weighted by Crippen LogP contribution is 2.23. The number of fused-ring (bicyclic) bond motifs is 3. The van der Waals surface area contributed by atoms with Crippen molar-refractivity contribution in [1.82, 2.24) is 4.98 Å². The van der Waals surface area contributed by atoms with Crippen molar-refractivity contribution in [3.63, 3.8) is 0 Å². The largest absolute Gasteiger partial charge is 0.423 e. The van der Waals surface area contributed by atoms with E-state index in [1.165, 1.54) is 0 Å². The van der Waals surface area contributed by atoms with Gasteiger partial charge in [0, 0.05) is 22.4 Å². The molecule has 3 rings (SSSR count). The molecule has 3 heteroatoms. The fourth-order valence-corrected chi connectivity index (χ4v) is 1.69. The number of aromatic nitrogens is 1. The molecule has 3 aromatic rings. The number of aromatic amines is 1. The third-order valence-corrected chi connectivity index (χ3v) is 2.32. The number of benzene rings is 1. The average Bonchev–Trinajstić information content (AvgIpc) is 2.54. The third kappa shape index (κ3) is 0.893. The first-order valence-electron chi connectivity index (χ1n) is 4.40. The molecular weight excluding hydrogens is 176 g/mol. The predicted octanol–water partition coefficient (Wildman–Crippen LogP) is 2.39. The zero-order valence-electron chi connectivity index (χ0n) is 7.37. The van der Waals surface area contributed by atoms with Gasteiger partial charge < -0.3 is 9.40 Å². The summed E-state index contributed by atoms with van der Waals surface area (Å²) in [4.78, 5) is 3.13. The number of H-pyrrole nitrogens is 1. The summed E-state index contributed by atoms with van der Waals surface area (Å²) in [5.41, 5.74) is 1.87. The number of hydrogen-bond donors (Lipinski definition) is 2. The summed E-state index contributed by atoms with van der Waals surface area (Å²) in [6, 6.07) is 11.5. The van der Waals surface area contributed by atoms with Crippen molar-refractivity contribution >= 4 is 22.0 Å². The lowest BCUT2D eigenvalue weighted by molar-refractivity contribution is 0.525. The summed E-state index contributed by atoms with van der Waals surface area (Å²) in [5.74, 6) is 0. The standard InChI is InChI=1S/C11H8N2O/c12-10-6-5-8-7-3-1-2-4-9(7)13-11(8)14-10/h1-6,12-13H. The van der Waals surface area contributed by atoms with Crippen molar-refractivity contribution in [2.24, 2.45) is 0 Å². The molecule has 0 aliphatic heterocycles. The van der Waals surface area contributed by atoms with Crippen LogP contribution in [0.3, 0.4) is 0 Å². The molecule has 0 atom stereocenters. The van der Waals surface area contributed by atoms with Crippen LogP contribution in [0.25, 0.3) is 22.0 Å². The van der Waals surface area contributed by atoms with Gasteiger partial charge in [-0.05, 0) is 12.1 Å². The second kappa shape index (κ2) is 2.48. The maximum absolute atomic E-state index is 7.36. The molecule has 0 saturated heterocycles. The van der Waals surface area contributed by atoms with Gasteiger partial charge in [-0.3, -0.25) is 5.41 Å². The highest BCUT2D eigenvalue weighted by molar-refractivity contribution is 6.04. The summed E-state index contributed by atoms with van der Waals surface area (Å²) in [6.07, 6.45) is 0. The Morgan fingerprint density at radius 1 is 1.00 bits per heavy atom. The molecular formula is C11H8N2O. The lowest BCUT2D eigenvalue weighted by atomic mass is 10.2. The molecule has 0 aliphatic rings. The van der Waals surface area contributed by atoms with Crippen LogP contribution in [0.5, 0.6) is 0 Å². The van der Waals surface area contributed by atoms with Gasteiger partial charge in [-0.1, -0.05) is 18.2 Å². The Balaban J connectivity index is 2.63. The van der Waals surface area contributed by atoms with Gasteiger partial charge in [-0.15, -0.1) is 0 Å². The molecule has 2 aromatic heterocycles. The van der Waals surface area contributed by atoms with Crippen LogP contribution in [-0.2, 0) is 0 Å². The minimum absolute atomic E-state index is 0.170. The monoisotopic (exact) mass is 184 g/mol. The summed E-state index contributed by atoms with van der Waals surface area (Å²) < 4.78 is 5.26. The van der Waals surface area contributed by atoms with Crippen LogP contribution in [0, 0.1) is 5.41 Å². The summed E-state index contributed by atoms with van der Waals surface area (Å²) >= 11 is 0. The summed E-state index contributed by atoms with van der Waals surface area (Å²) in [5, 5.41) is 9.52. The quantitative estimate of drug-likeness (QED) is 0.553. The lowest BCUT2D eigenvalue weighted by Gasteiger charge is -1.87. The van der Waals surface area contributed by atoms with Crippen molar-refractivity contribution in [2.45, 2.75) is 0 Å². The van der Waals surface area contributed by atoms with Crippen molar-refractivity contribution in [2.75, 3.05) is 0 Å². The highest BCUT2D eigenvalue weighted by atomic mass is 16.3. The van der Waals surface area contributed by atoms with Crippen LogP contribution in [0.1, 0.15) is 0 Å². The van der Waals surface area contributed by atoms with Crippen LogP contribution in [0.4, 0.5) is 0 Å². The number of nitrogens with one attached hydrogen (secondary N) is 2. The van der Waals surface area contributed by atoms with E-state index in [0.717, 1.165) is 16.3 Å². The second-order valence-electron chi connectivity index (χ2n) is 3.21. The minimum atomic E-state index is 0.170. The van der Waals surface area contributed by atoms with Crippen LogP contribution < -0.4 is 5.55 Å². The Kier molecular flexibility index (Phi) is 1.31. The van der Waals surface area contributed by atoms with Crippen molar-refractivity contribution in [3.8, 4) is 0 Å². The minimum Gasteiger partial charge on any atom is -0.423 e. The van der Waals surface area contributed by atoms with E-state index in [9.17, 15) is 0 Å². The van der Waals surface area contributed by atoms with Crippen LogP contribution in [0.2, 0.25) is 0 Å². The molecule has 3 nitrogen and oxygen atoms in total. The molecule has 0 spiro atoms. The zero-order chi connectivity index (χ0) is 9.54. The van der Waals surface area contributed by atoms with Gasteiger partial charge in [0.15, 0.2) is 0 Å². The maximum Gasteiger partial charge on any atom is 0.213 e. The van der Waals surface area contributed by atoms with E-state index >= 15 is 0 Å². The van der Waals surface area contributed by atoms with E-state index in [2.05, 4.69) is 4.98 Å². The Morgan fingerprint density at radius 2 is 1.86 bits per heavy atom. The fraction of sp³-hybridized carbons (Fsp3) is 0. The molecule has 14 heavy (non-hydrogen) atoms. The Morgan fingerprint density at radius 3 is 2.79 bits per heavy atom. The molecule has 1 aromatic carbocycles. The smallest absolute Gasteiger partial charge is 0.213 e. The highest BCUT2D eigenvalue weighted by Gasteiger charge is 2.03. The molecule has 68 valence electrons. The lowest BCUT2D eigenvalue weighted by Crippen LogP contribution is -1.93. The van der Waals surface area contributed by atoms with Gasteiger partial charge in [0.1, 0.15) is 0 Å². The number of hydrogen-bond acceptors (Lipinski definition) is 2. The van der Waals surface area contributed by atoms with E-state index < -0.39 is 0 Å². The normalized spacial score (nSPS) is 11.1. The van der Waals surface area contributed by atoms with Gasteiger partial charge >= 0.3 is 0 Å². The van der Waals surface area contributed by atoms with Gasteiger partial charge in [-0.2, -0.15) is 0 Å². The SMILES string of the molecule is N=c1ccc2c([nH]c3ccccc32)o1. The van der Waals surface area contributed by atoms with Crippen LogP contribution in [0.15, 0.2) is 40.8 Å². The first-order valence-corrected chi connectivity index (χ1v) is 4.40. The van der Waals surface area contributed by atoms with Crippen molar-refractivity contribution < 1.29 is 4.42 Å². The van der Waals surface area contributed by atoms with Gasteiger partial charge in [0.05, 0.1) is 0 Å². The first-order chi connectivity index (χ1) is 6.84. The van der Waals surface area contributed by atoms with Crippen LogP contribution in [-0.4, -0.2) is 4.98 Å². The molecule has 0 radical (unpaired) electrons. The van der Waals surface area contributed by atoms with E-state index in [-0.39, 0.29) is 5.55 Å². The van der Waals surface area contributed by atoms with E-state index in [0.29, 0.717) is 5.71 Å². The molecule has 0 bridgehead atoms. The number of rotatable bonds is 0.